The Morgan fingerprint density at radius 2 is 2.19 bits per heavy atom. The molecule has 1 fully saturated rings. The van der Waals surface area contributed by atoms with Crippen molar-refractivity contribution in [3.63, 3.8) is 0 Å². The van der Waals surface area contributed by atoms with Gasteiger partial charge in [-0.1, -0.05) is 18.2 Å². The van der Waals surface area contributed by atoms with Crippen LogP contribution in [0.1, 0.15) is 18.4 Å². The van der Waals surface area contributed by atoms with E-state index in [1.165, 1.54) is 6.08 Å². The Kier molecular flexibility index (Phi) is 4.77. The number of amides is 2. The van der Waals surface area contributed by atoms with E-state index < -0.39 is 5.97 Å². The van der Waals surface area contributed by atoms with E-state index in [-0.39, 0.29) is 6.03 Å². The average Bonchev–Trinajstić information content (AvgIpc) is 3.27. The average molecular weight is 286 g/mol. The van der Waals surface area contributed by atoms with Crippen molar-refractivity contribution in [2.24, 2.45) is 0 Å². The number of urea groups is 1. The van der Waals surface area contributed by atoms with Gasteiger partial charge < -0.3 is 15.3 Å². The number of rotatable bonds is 6. The molecule has 110 valence electrons. The zero-order valence-electron chi connectivity index (χ0n) is 11.7. The maximum Gasteiger partial charge on any atom is 0.328 e. The molecular formula is C16H18N2O3. The molecule has 5 heteroatoms. The first-order chi connectivity index (χ1) is 10.1. The van der Waals surface area contributed by atoms with Crippen LogP contribution in [0.5, 0.6) is 0 Å². The number of carbonyl (C=O) groups is 2. The molecule has 1 aliphatic carbocycles. The molecule has 2 N–H and O–H groups in total. The second-order valence-electron chi connectivity index (χ2n) is 4.90. The van der Waals surface area contributed by atoms with Crippen LogP contribution < -0.4 is 5.32 Å². The first-order valence-corrected chi connectivity index (χ1v) is 6.79. The van der Waals surface area contributed by atoms with Gasteiger partial charge in [0.1, 0.15) is 0 Å². The summed E-state index contributed by atoms with van der Waals surface area (Å²) in [4.78, 5) is 24.5. The minimum Gasteiger partial charge on any atom is -0.478 e. The maximum atomic E-state index is 12.2. The molecule has 21 heavy (non-hydrogen) atoms. The molecule has 1 saturated carbocycles. The Morgan fingerprint density at radius 3 is 2.81 bits per heavy atom. The SMILES string of the molecule is C=CCN(C(=O)Nc1cccc(/C=C/C(=O)O)c1)C1CC1. The lowest BCUT2D eigenvalue weighted by molar-refractivity contribution is -0.131. The minimum absolute atomic E-state index is 0.156. The van der Waals surface area contributed by atoms with Crippen molar-refractivity contribution in [1.82, 2.24) is 4.90 Å². The van der Waals surface area contributed by atoms with Crippen molar-refractivity contribution in [3.05, 3.63) is 48.6 Å². The predicted molar refractivity (Wildman–Crippen MR) is 82.1 cm³/mol. The van der Waals surface area contributed by atoms with Crippen LogP contribution in [0, 0.1) is 0 Å². The van der Waals surface area contributed by atoms with Gasteiger partial charge in [-0.25, -0.2) is 9.59 Å². The van der Waals surface area contributed by atoms with Crippen LogP contribution >= 0.6 is 0 Å². The number of anilines is 1. The fraction of sp³-hybridized carbons (Fsp3) is 0.250. The molecule has 0 aromatic heterocycles. The summed E-state index contributed by atoms with van der Waals surface area (Å²) < 4.78 is 0. The molecule has 5 nitrogen and oxygen atoms in total. The zero-order chi connectivity index (χ0) is 15.2. The van der Waals surface area contributed by atoms with E-state index in [0.29, 0.717) is 18.3 Å². The molecule has 0 unspecified atom stereocenters. The summed E-state index contributed by atoms with van der Waals surface area (Å²) in [5.74, 6) is -1.00. The number of carboxylic acids is 1. The van der Waals surface area contributed by atoms with Crippen molar-refractivity contribution < 1.29 is 14.7 Å². The quantitative estimate of drug-likeness (QED) is 0.624. The Bertz CT molecular complexity index is 577. The van der Waals surface area contributed by atoms with E-state index >= 15 is 0 Å². The minimum atomic E-state index is -1.00. The molecule has 0 bridgehead atoms. The van der Waals surface area contributed by atoms with Gasteiger partial charge in [-0.3, -0.25) is 0 Å². The fourth-order valence-corrected chi connectivity index (χ4v) is 2.01. The predicted octanol–water partition coefficient (Wildman–Crippen LogP) is 2.97. The number of hydrogen-bond donors (Lipinski definition) is 2. The Hall–Kier alpha value is -2.56. The Morgan fingerprint density at radius 1 is 1.43 bits per heavy atom. The third-order valence-electron chi connectivity index (χ3n) is 3.13. The topological polar surface area (TPSA) is 69.6 Å². The second-order valence-corrected chi connectivity index (χ2v) is 4.90. The molecule has 0 aliphatic heterocycles. The number of carboxylic acid groups (broad SMARTS) is 1. The first kappa shape index (κ1) is 14.8. The summed E-state index contributed by atoms with van der Waals surface area (Å²) in [6.07, 6.45) is 6.32. The highest BCUT2D eigenvalue weighted by Crippen LogP contribution is 2.27. The fourth-order valence-electron chi connectivity index (χ4n) is 2.01. The summed E-state index contributed by atoms with van der Waals surface area (Å²) in [5, 5.41) is 11.5. The van der Waals surface area contributed by atoms with Crippen LogP contribution in [-0.4, -0.2) is 34.6 Å². The molecular weight excluding hydrogens is 268 g/mol. The monoisotopic (exact) mass is 286 g/mol. The van der Waals surface area contributed by atoms with Gasteiger partial charge in [-0.2, -0.15) is 0 Å². The summed E-state index contributed by atoms with van der Waals surface area (Å²) in [6.45, 7) is 4.19. The standard InChI is InChI=1S/C16H18N2O3/c1-2-10-18(14-7-8-14)16(21)17-13-5-3-4-12(11-13)6-9-15(19)20/h2-6,9,11,14H,1,7-8,10H2,(H,17,21)(H,19,20)/b9-6+. The Balaban J connectivity index is 2.04. The third-order valence-corrected chi connectivity index (χ3v) is 3.13. The molecule has 2 rings (SSSR count). The van der Waals surface area contributed by atoms with Gasteiger partial charge >= 0.3 is 12.0 Å². The van der Waals surface area contributed by atoms with Crippen LogP contribution in [0.3, 0.4) is 0 Å². The molecule has 2 amide bonds. The largest absolute Gasteiger partial charge is 0.478 e. The molecule has 1 aromatic carbocycles. The number of hydrogen-bond acceptors (Lipinski definition) is 2. The molecule has 0 radical (unpaired) electrons. The lowest BCUT2D eigenvalue weighted by atomic mass is 10.2. The van der Waals surface area contributed by atoms with Crippen molar-refractivity contribution in [2.45, 2.75) is 18.9 Å². The second kappa shape index (κ2) is 6.74. The van der Waals surface area contributed by atoms with E-state index in [4.69, 9.17) is 5.11 Å². The Labute approximate surface area is 123 Å². The smallest absolute Gasteiger partial charge is 0.328 e. The lowest BCUT2D eigenvalue weighted by Gasteiger charge is -2.21. The van der Waals surface area contributed by atoms with Crippen molar-refractivity contribution in [1.29, 1.82) is 0 Å². The lowest BCUT2D eigenvalue weighted by Crippen LogP contribution is -2.36. The summed E-state index contributed by atoms with van der Waals surface area (Å²) >= 11 is 0. The van der Waals surface area contributed by atoms with Crippen LogP contribution in [-0.2, 0) is 4.79 Å². The van der Waals surface area contributed by atoms with E-state index in [1.807, 2.05) is 0 Å². The highest BCUT2D eigenvalue weighted by Gasteiger charge is 2.31. The van der Waals surface area contributed by atoms with Gasteiger partial charge in [-0.15, -0.1) is 6.58 Å². The van der Waals surface area contributed by atoms with Crippen molar-refractivity contribution >= 4 is 23.8 Å². The normalized spacial score (nSPS) is 13.9. The molecule has 0 spiro atoms. The van der Waals surface area contributed by atoms with E-state index in [0.717, 1.165) is 24.5 Å². The molecule has 0 atom stereocenters. The van der Waals surface area contributed by atoms with Gasteiger partial charge in [-0.05, 0) is 36.6 Å². The van der Waals surface area contributed by atoms with E-state index in [1.54, 1.807) is 35.2 Å². The maximum absolute atomic E-state index is 12.2. The van der Waals surface area contributed by atoms with Gasteiger partial charge in [0, 0.05) is 24.4 Å². The summed E-state index contributed by atoms with van der Waals surface area (Å²) in [7, 11) is 0. The highest BCUT2D eigenvalue weighted by atomic mass is 16.4. The summed E-state index contributed by atoms with van der Waals surface area (Å²) in [6, 6.07) is 7.20. The number of carbonyl (C=O) groups excluding carboxylic acids is 1. The molecule has 0 heterocycles. The third kappa shape index (κ3) is 4.49. The number of nitrogens with one attached hydrogen (secondary N) is 1. The summed E-state index contributed by atoms with van der Waals surface area (Å²) in [5.41, 5.74) is 1.36. The zero-order valence-corrected chi connectivity index (χ0v) is 11.7. The van der Waals surface area contributed by atoms with Crippen molar-refractivity contribution in [2.75, 3.05) is 11.9 Å². The molecule has 1 aromatic rings. The van der Waals surface area contributed by atoms with Gasteiger partial charge in [0.2, 0.25) is 0 Å². The van der Waals surface area contributed by atoms with Crippen LogP contribution in [0.2, 0.25) is 0 Å². The molecule has 0 saturated heterocycles. The molecule has 1 aliphatic rings. The van der Waals surface area contributed by atoms with E-state index in [2.05, 4.69) is 11.9 Å². The number of aliphatic carboxylic acids is 1. The van der Waals surface area contributed by atoms with Crippen LogP contribution in [0.25, 0.3) is 6.08 Å². The van der Waals surface area contributed by atoms with Gasteiger partial charge in [0.25, 0.3) is 0 Å². The van der Waals surface area contributed by atoms with Gasteiger partial charge in [0.05, 0.1) is 0 Å². The first-order valence-electron chi connectivity index (χ1n) is 6.79. The number of benzene rings is 1. The van der Waals surface area contributed by atoms with E-state index in [9.17, 15) is 9.59 Å². The van der Waals surface area contributed by atoms with Crippen LogP contribution in [0.4, 0.5) is 10.5 Å². The van der Waals surface area contributed by atoms with Crippen LogP contribution in [0.15, 0.2) is 43.0 Å². The number of nitrogens with zero attached hydrogens (tertiary/aromatic N) is 1. The van der Waals surface area contributed by atoms with Gasteiger partial charge in [0.15, 0.2) is 0 Å². The highest BCUT2D eigenvalue weighted by molar-refractivity contribution is 5.90. The van der Waals surface area contributed by atoms with Crippen molar-refractivity contribution in [3.8, 4) is 0 Å².